The van der Waals surface area contributed by atoms with Gasteiger partial charge in [-0.05, 0) is 30.9 Å². The molecule has 21 heavy (non-hydrogen) atoms. The molecule has 2 N–H and O–H groups in total. The van der Waals surface area contributed by atoms with E-state index in [1.807, 2.05) is 0 Å². The molecule has 0 aromatic heterocycles. The molecule has 0 heterocycles. The van der Waals surface area contributed by atoms with Crippen LogP contribution in [0.4, 0.5) is 13.2 Å². The quantitative estimate of drug-likeness (QED) is 0.599. The Balaban J connectivity index is 2.50. The number of rotatable bonds is 7. The molecule has 0 aliphatic heterocycles. The number of benzene rings is 1. The first-order chi connectivity index (χ1) is 9.71. The number of hydrogen-bond acceptors (Lipinski definition) is 2. The minimum Gasteiger partial charge on any atom is -0.481 e. The zero-order chi connectivity index (χ0) is 16.0. The van der Waals surface area contributed by atoms with Crippen molar-refractivity contribution >= 4 is 11.9 Å². The van der Waals surface area contributed by atoms with E-state index in [4.69, 9.17) is 10.2 Å². The van der Waals surface area contributed by atoms with Crippen molar-refractivity contribution in [2.75, 3.05) is 0 Å². The van der Waals surface area contributed by atoms with Crippen LogP contribution in [-0.4, -0.2) is 22.2 Å². The summed E-state index contributed by atoms with van der Waals surface area (Å²) in [6.07, 6.45) is -3.34. The van der Waals surface area contributed by atoms with Crippen LogP contribution in [0.2, 0.25) is 0 Å². The SMILES string of the molecule is O=C(O)C(CCCCc1cccc(C(F)(F)F)c1)C(=O)O. The predicted molar refractivity (Wildman–Crippen MR) is 67.8 cm³/mol. The Morgan fingerprint density at radius 2 is 1.71 bits per heavy atom. The number of aryl methyl sites for hydroxylation is 1. The molecule has 0 aliphatic carbocycles. The van der Waals surface area contributed by atoms with E-state index in [1.165, 1.54) is 6.07 Å². The Labute approximate surface area is 119 Å². The summed E-state index contributed by atoms with van der Waals surface area (Å²) in [5.41, 5.74) is -0.235. The Morgan fingerprint density at radius 1 is 1.10 bits per heavy atom. The van der Waals surface area contributed by atoms with Gasteiger partial charge in [0.25, 0.3) is 0 Å². The highest BCUT2D eigenvalue weighted by Crippen LogP contribution is 2.29. The van der Waals surface area contributed by atoms with Crippen molar-refractivity contribution in [3.05, 3.63) is 35.4 Å². The van der Waals surface area contributed by atoms with Crippen LogP contribution in [-0.2, 0) is 22.2 Å². The fourth-order valence-electron chi connectivity index (χ4n) is 1.93. The summed E-state index contributed by atoms with van der Waals surface area (Å²) >= 11 is 0. The monoisotopic (exact) mass is 304 g/mol. The van der Waals surface area contributed by atoms with Gasteiger partial charge in [0.05, 0.1) is 5.56 Å². The molecule has 116 valence electrons. The Morgan fingerprint density at radius 3 is 2.24 bits per heavy atom. The van der Waals surface area contributed by atoms with Crippen LogP contribution in [0.3, 0.4) is 0 Å². The standard InChI is InChI=1S/C14H15F3O4/c15-14(16,17)10-6-3-5-9(8-10)4-1-2-7-11(12(18)19)13(20)21/h3,5-6,8,11H,1-2,4,7H2,(H,18,19)(H,20,21). The van der Waals surface area contributed by atoms with Crippen molar-refractivity contribution in [1.82, 2.24) is 0 Å². The van der Waals surface area contributed by atoms with E-state index in [0.717, 1.165) is 12.1 Å². The maximum atomic E-state index is 12.5. The molecule has 0 bridgehead atoms. The van der Waals surface area contributed by atoms with Crippen LogP contribution in [0.15, 0.2) is 24.3 Å². The Kier molecular flexibility index (Phi) is 5.75. The molecule has 0 saturated carbocycles. The molecule has 0 radical (unpaired) electrons. The highest BCUT2D eigenvalue weighted by atomic mass is 19.4. The molecule has 1 aromatic carbocycles. The van der Waals surface area contributed by atoms with Gasteiger partial charge in [-0.3, -0.25) is 9.59 Å². The molecule has 0 fully saturated rings. The number of hydrogen-bond donors (Lipinski definition) is 2. The van der Waals surface area contributed by atoms with E-state index in [2.05, 4.69) is 0 Å². The minimum atomic E-state index is -4.40. The number of carbonyl (C=O) groups is 2. The molecule has 0 saturated heterocycles. The molecule has 7 heteroatoms. The molecule has 1 rings (SSSR count). The summed E-state index contributed by atoms with van der Waals surface area (Å²) in [5.74, 6) is -4.27. The maximum absolute atomic E-state index is 12.5. The summed E-state index contributed by atoms with van der Waals surface area (Å²) in [5, 5.41) is 17.4. The van der Waals surface area contributed by atoms with Gasteiger partial charge in [-0.25, -0.2) is 0 Å². The van der Waals surface area contributed by atoms with Crippen molar-refractivity contribution < 1.29 is 33.0 Å². The fraction of sp³-hybridized carbons (Fsp3) is 0.429. The first-order valence-electron chi connectivity index (χ1n) is 6.33. The van der Waals surface area contributed by atoms with Gasteiger partial charge in [0, 0.05) is 0 Å². The third-order valence-corrected chi connectivity index (χ3v) is 3.06. The van der Waals surface area contributed by atoms with Crippen molar-refractivity contribution in [2.24, 2.45) is 5.92 Å². The first kappa shape index (κ1) is 17.0. The normalized spacial score (nSPS) is 11.6. The van der Waals surface area contributed by atoms with Gasteiger partial charge in [0.15, 0.2) is 5.92 Å². The Bertz CT molecular complexity index is 497. The lowest BCUT2D eigenvalue weighted by Crippen LogP contribution is -2.23. The summed E-state index contributed by atoms with van der Waals surface area (Å²) < 4.78 is 37.5. The molecule has 0 aliphatic rings. The lowest BCUT2D eigenvalue weighted by atomic mass is 9.99. The third kappa shape index (κ3) is 5.45. The van der Waals surface area contributed by atoms with Gasteiger partial charge in [-0.2, -0.15) is 13.2 Å². The maximum Gasteiger partial charge on any atom is 0.416 e. The lowest BCUT2D eigenvalue weighted by molar-refractivity contribution is -0.154. The largest absolute Gasteiger partial charge is 0.481 e. The van der Waals surface area contributed by atoms with Crippen molar-refractivity contribution in [3.63, 3.8) is 0 Å². The number of carboxylic acid groups (broad SMARTS) is 2. The van der Waals surface area contributed by atoms with Gasteiger partial charge in [-0.15, -0.1) is 0 Å². The summed E-state index contributed by atoms with van der Waals surface area (Å²) in [4.78, 5) is 21.3. The predicted octanol–water partition coefficient (Wildman–Crippen LogP) is 3.20. The first-order valence-corrected chi connectivity index (χ1v) is 6.33. The molecule has 0 atom stereocenters. The number of alkyl halides is 3. The molecule has 0 amide bonds. The summed E-state index contributed by atoms with van der Waals surface area (Å²) in [6, 6.07) is 4.90. The molecule has 1 aromatic rings. The topological polar surface area (TPSA) is 74.6 Å². The highest BCUT2D eigenvalue weighted by molar-refractivity contribution is 5.92. The summed E-state index contributed by atoms with van der Waals surface area (Å²) in [6.45, 7) is 0. The second-order valence-electron chi connectivity index (χ2n) is 4.67. The number of carboxylic acids is 2. The van der Waals surface area contributed by atoms with E-state index in [9.17, 15) is 22.8 Å². The van der Waals surface area contributed by atoms with Crippen LogP contribution in [0.5, 0.6) is 0 Å². The van der Waals surface area contributed by atoms with Gasteiger partial charge < -0.3 is 10.2 Å². The van der Waals surface area contributed by atoms with Gasteiger partial charge in [-0.1, -0.05) is 24.6 Å². The van der Waals surface area contributed by atoms with E-state index in [1.54, 1.807) is 6.07 Å². The zero-order valence-electron chi connectivity index (χ0n) is 11.1. The van der Waals surface area contributed by atoms with Crippen LogP contribution in [0.25, 0.3) is 0 Å². The zero-order valence-corrected chi connectivity index (χ0v) is 11.1. The van der Waals surface area contributed by atoms with Gasteiger partial charge in [0.1, 0.15) is 0 Å². The van der Waals surface area contributed by atoms with E-state index >= 15 is 0 Å². The second-order valence-corrected chi connectivity index (χ2v) is 4.67. The molecular weight excluding hydrogens is 289 g/mol. The average Bonchev–Trinajstić information content (AvgIpc) is 2.37. The van der Waals surface area contributed by atoms with Crippen LogP contribution < -0.4 is 0 Å². The molecule has 0 spiro atoms. The van der Waals surface area contributed by atoms with Gasteiger partial charge in [0.2, 0.25) is 0 Å². The molecule has 4 nitrogen and oxygen atoms in total. The van der Waals surface area contributed by atoms with Crippen LogP contribution in [0.1, 0.15) is 30.4 Å². The van der Waals surface area contributed by atoms with Crippen molar-refractivity contribution in [3.8, 4) is 0 Å². The van der Waals surface area contributed by atoms with E-state index < -0.39 is 29.6 Å². The van der Waals surface area contributed by atoms with Crippen LogP contribution in [0, 0.1) is 5.92 Å². The Hall–Kier alpha value is -2.05. The third-order valence-electron chi connectivity index (χ3n) is 3.06. The number of aliphatic carboxylic acids is 2. The average molecular weight is 304 g/mol. The number of unbranched alkanes of at least 4 members (excludes halogenated alkanes) is 1. The molecular formula is C14H15F3O4. The number of halogens is 3. The van der Waals surface area contributed by atoms with Crippen molar-refractivity contribution in [1.29, 1.82) is 0 Å². The van der Waals surface area contributed by atoms with Crippen LogP contribution >= 0.6 is 0 Å². The summed E-state index contributed by atoms with van der Waals surface area (Å²) in [7, 11) is 0. The fourth-order valence-corrected chi connectivity index (χ4v) is 1.93. The van der Waals surface area contributed by atoms with Gasteiger partial charge >= 0.3 is 18.1 Å². The second kappa shape index (κ2) is 7.10. The van der Waals surface area contributed by atoms with E-state index in [-0.39, 0.29) is 6.42 Å². The highest BCUT2D eigenvalue weighted by Gasteiger charge is 2.30. The van der Waals surface area contributed by atoms with Crippen molar-refractivity contribution in [2.45, 2.75) is 31.9 Å². The minimum absolute atomic E-state index is 0.0381. The molecule has 0 unspecified atom stereocenters. The lowest BCUT2D eigenvalue weighted by Gasteiger charge is -2.09. The van der Waals surface area contributed by atoms with E-state index in [0.29, 0.717) is 24.8 Å². The smallest absolute Gasteiger partial charge is 0.416 e.